The van der Waals surface area contributed by atoms with Crippen molar-refractivity contribution in [3.05, 3.63) is 72.4 Å². The topological polar surface area (TPSA) is 42.0 Å². The van der Waals surface area contributed by atoms with Gasteiger partial charge in [-0.1, -0.05) is 42.0 Å². The highest BCUT2D eigenvalue weighted by Crippen LogP contribution is 2.28. The Morgan fingerprint density at radius 2 is 1.80 bits per heavy atom. The van der Waals surface area contributed by atoms with Crippen molar-refractivity contribution in [2.75, 3.05) is 5.32 Å². The van der Waals surface area contributed by atoms with Gasteiger partial charge in [-0.15, -0.1) is 0 Å². The first-order chi connectivity index (χ1) is 12.1. The van der Waals surface area contributed by atoms with Gasteiger partial charge in [0.05, 0.1) is 5.52 Å². The fraction of sp³-hybridized carbons (Fsp3) is 0.182. The Hall–Kier alpha value is -2.94. The molecular formula is C22H22N2O. The third-order valence-electron chi connectivity index (χ3n) is 4.05. The fourth-order valence-electron chi connectivity index (χ4n) is 2.80. The smallest absolute Gasteiger partial charge is 0.224 e. The molecule has 3 heteroatoms. The number of benzene rings is 2. The van der Waals surface area contributed by atoms with E-state index in [9.17, 15) is 4.79 Å². The van der Waals surface area contributed by atoms with E-state index in [0.29, 0.717) is 6.42 Å². The SMILES string of the molecule is CC(C)=CCCC(=O)Nc1ccc(-c2ccnc3ccccc23)cc1. The molecule has 0 radical (unpaired) electrons. The van der Waals surface area contributed by atoms with Crippen LogP contribution in [0.5, 0.6) is 0 Å². The summed E-state index contributed by atoms with van der Waals surface area (Å²) >= 11 is 0. The van der Waals surface area contributed by atoms with Gasteiger partial charge in [0, 0.05) is 23.7 Å². The van der Waals surface area contributed by atoms with Crippen LogP contribution in [0.15, 0.2) is 72.4 Å². The Bertz CT molecular complexity index is 901. The highest BCUT2D eigenvalue weighted by molar-refractivity contribution is 5.95. The van der Waals surface area contributed by atoms with Gasteiger partial charge in [-0.3, -0.25) is 9.78 Å². The molecule has 1 aromatic heterocycles. The van der Waals surface area contributed by atoms with Gasteiger partial charge < -0.3 is 5.32 Å². The second-order valence-corrected chi connectivity index (χ2v) is 6.32. The van der Waals surface area contributed by atoms with Crippen LogP contribution >= 0.6 is 0 Å². The van der Waals surface area contributed by atoms with E-state index in [1.165, 1.54) is 5.57 Å². The molecule has 0 atom stereocenters. The zero-order valence-corrected chi connectivity index (χ0v) is 14.6. The van der Waals surface area contributed by atoms with Crippen molar-refractivity contribution in [2.45, 2.75) is 26.7 Å². The molecule has 3 nitrogen and oxygen atoms in total. The Morgan fingerprint density at radius 1 is 1.04 bits per heavy atom. The van der Waals surface area contributed by atoms with Gasteiger partial charge in [-0.2, -0.15) is 0 Å². The molecule has 1 amide bonds. The molecule has 0 spiro atoms. The summed E-state index contributed by atoms with van der Waals surface area (Å²) in [5, 5.41) is 4.08. The van der Waals surface area contributed by atoms with E-state index >= 15 is 0 Å². The summed E-state index contributed by atoms with van der Waals surface area (Å²) < 4.78 is 0. The van der Waals surface area contributed by atoms with Crippen LogP contribution in [-0.4, -0.2) is 10.9 Å². The minimum absolute atomic E-state index is 0.0413. The van der Waals surface area contributed by atoms with E-state index in [2.05, 4.69) is 22.4 Å². The first-order valence-electron chi connectivity index (χ1n) is 8.51. The Morgan fingerprint density at radius 3 is 2.56 bits per heavy atom. The molecular weight excluding hydrogens is 308 g/mol. The van der Waals surface area contributed by atoms with Crippen molar-refractivity contribution in [1.29, 1.82) is 0 Å². The first-order valence-corrected chi connectivity index (χ1v) is 8.51. The van der Waals surface area contributed by atoms with Crippen LogP contribution in [0.25, 0.3) is 22.0 Å². The highest BCUT2D eigenvalue weighted by Gasteiger charge is 2.05. The molecule has 0 saturated heterocycles. The Balaban J connectivity index is 1.74. The molecule has 0 bridgehead atoms. The van der Waals surface area contributed by atoms with Gasteiger partial charge in [-0.05, 0) is 55.7 Å². The number of hydrogen-bond acceptors (Lipinski definition) is 2. The van der Waals surface area contributed by atoms with E-state index in [1.54, 1.807) is 0 Å². The van der Waals surface area contributed by atoms with Crippen molar-refractivity contribution < 1.29 is 4.79 Å². The van der Waals surface area contributed by atoms with E-state index in [1.807, 2.05) is 68.6 Å². The lowest BCUT2D eigenvalue weighted by Gasteiger charge is -2.08. The number of carbonyl (C=O) groups is 1. The summed E-state index contributed by atoms with van der Waals surface area (Å²) in [5.41, 5.74) is 5.30. The van der Waals surface area contributed by atoms with Crippen molar-refractivity contribution in [2.24, 2.45) is 0 Å². The third-order valence-corrected chi connectivity index (χ3v) is 4.05. The van der Waals surface area contributed by atoms with Crippen molar-refractivity contribution in [3.8, 4) is 11.1 Å². The quantitative estimate of drug-likeness (QED) is 0.620. The lowest BCUT2D eigenvalue weighted by molar-refractivity contribution is -0.116. The molecule has 3 aromatic rings. The average Bonchev–Trinajstić information content (AvgIpc) is 2.61. The van der Waals surface area contributed by atoms with Crippen LogP contribution in [0.3, 0.4) is 0 Å². The van der Waals surface area contributed by atoms with E-state index in [-0.39, 0.29) is 5.91 Å². The molecule has 1 N–H and O–H groups in total. The Kier molecular flexibility index (Phi) is 5.24. The number of aromatic nitrogens is 1. The van der Waals surface area contributed by atoms with Crippen LogP contribution in [0.2, 0.25) is 0 Å². The maximum absolute atomic E-state index is 12.0. The zero-order chi connectivity index (χ0) is 17.6. The van der Waals surface area contributed by atoms with E-state index in [0.717, 1.165) is 34.1 Å². The van der Waals surface area contributed by atoms with Gasteiger partial charge in [0.15, 0.2) is 0 Å². The standard InChI is InChI=1S/C22H22N2O/c1-16(2)6-5-9-22(25)24-18-12-10-17(11-13-18)19-14-15-23-21-8-4-3-7-20(19)21/h3-4,6-8,10-15H,5,9H2,1-2H3,(H,24,25). The van der Waals surface area contributed by atoms with Gasteiger partial charge in [0.25, 0.3) is 0 Å². The number of para-hydroxylation sites is 1. The highest BCUT2D eigenvalue weighted by atomic mass is 16.1. The second-order valence-electron chi connectivity index (χ2n) is 6.32. The van der Waals surface area contributed by atoms with Crippen LogP contribution in [0.4, 0.5) is 5.69 Å². The number of amides is 1. The lowest BCUT2D eigenvalue weighted by Crippen LogP contribution is -2.10. The molecule has 25 heavy (non-hydrogen) atoms. The molecule has 0 unspecified atom stereocenters. The molecule has 0 saturated carbocycles. The van der Waals surface area contributed by atoms with Gasteiger partial charge in [0.2, 0.25) is 5.91 Å². The number of anilines is 1. The summed E-state index contributed by atoms with van der Waals surface area (Å²) in [4.78, 5) is 16.4. The van der Waals surface area contributed by atoms with E-state index in [4.69, 9.17) is 0 Å². The molecule has 0 aliphatic heterocycles. The molecule has 2 aromatic carbocycles. The molecule has 126 valence electrons. The van der Waals surface area contributed by atoms with Crippen molar-refractivity contribution >= 4 is 22.5 Å². The number of rotatable bonds is 5. The van der Waals surface area contributed by atoms with Gasteiger partial charge in [-0.25, -0.2) is 0 Å². The summed E-state index contributed by atoms with van der Waals surface area (Å²) in [6.45, 7) is 4.08. The zero-order valence-electron chi connectivity index (χ0n) is 14.6. The summed E-state index contributed by atoms with van der Waals surface area (Å²) in [7, 11) is 0. The number of allylic oxidation sites excluding steroid dienone is 2. The van der Waals surface area contributed by atoms with Gasteiger partial charge >= 0.3 is 0 Å². The van der Waals surface area contributed by atoms with Crippen LogP contribution in [0.1, 0.15) is 26.7 Å². The number of pyridine rings is 1. The molecule has 0 fully saturated rings. The van der Waals surface area contributed by atoms with Crippen molar-refractivity contribution in [1.82, 2.24) is 4.98 Å². The second kappa shape index (κ2) is 7.75. The number of carbonyl (C=O) groups excluding carboxylic acids is 1. The van der Waals surface area contributed by atoms with Crippen LogP contribution in [-0.2, 0) is 4.79 Å². The van der Waals surface area contributed by atoms with Crippen LogP contribution in [0, 0.1) is 0 Å². The van der Waals surface area contributed by atoms with Gasteiger partial charge in [0.1, 0.15) is 0 Å². The lowest BCUT2D eigenvalue weighted by atomic mass is 10.0. The molecule has 1 heterocycles. The molecule has 0 aliphatic carbocycles. The largest absolute Gasteiger partial charge is 0.326 e. The average molecular weight is 330 g/mol. The predicted molar refractivity (Wildman–Crippen MR) is 104 cm³/mol. The number of nitrogens with one attached hydrogen (secondary N) is 1. The summed E-state index contributed by atoms with van der Waals surface area (Å²) in [6, 6.07) is 18.1. The molecule has 3 rings (SSSR count). The summed E-state index contributed by atoms with van der Waals surface area (Å²) in [5.74, 6) is 0.0413. The number of nitrogens with zero attached hydrogens (tertiary/aromatic N) is 1. The predicted octanol–water partition coefficient (Wildman–Crippen LogP) is 5.59. The third kappa shape index (κ3) is 4.32. The van der Waals surface area contributed by atoms with Crippen LogP contribution < -0.4 is 5.32 Å². The number of fused-ring (bicyclic) bond motifs is 1. The Labute approximate surface area is 148 Å². The normalized spacial score (nSPS) is 10.5. The summed E-state index contributed by atoms with van der Waals surface area (Å²) in [6.07, 6.45) is 5.19. The fourth-order valence-corrected chi connectivity index (χ4v) is 2.80. The monoisotopic (exact) mass is 330 g/mol. The minimum Gasteiger partial charge on any atom is -0.326 e. The number of hydrogen-bond donors (Lipinski definition) is 1. The van der Waals surface area contributed by atoms with Crippen molar-refractivity contribution in [3.63, 3.8) is 0 Å². The van der Waals surface area contributed by atoms with E-state index < -0.39 is 0 Å². The first kappa shape index (κ1) is 16.9. The molecule has 0 aliphatic rings. The maximum atomic E-state index is 12.0. The minimum atomic E-state index is 0.0413. The maximum Gasteiger partial charge on any atom is 0.224 e.